The van der Waals surface area contributed by atoms with Crippen molar-refractivity contribution in [1.29, 1.82) is 0 Å². The molecule has 0 aromatic heterocycles. The molecule has 2 aliphatic rings. The van der Waals surface area contributed by atoms with Crippen LogP contribution in [-0.2, 0) is 0 Å². The van der Waals surface area contributed by atoms with Gasteiger partial charge in [-0.25, -0.2) is 0 Å². The first-order valence-corrected chi connectivity index (χ1v) is 8.32. The number of likely N-dealkylation sites (tertiary alicyclic amines) is 1. The normalized spacial score (nSPS) is 28.0. The van der Waals surface area contributed by atoms with Crippen molar-refractivity contribution in [2.45, 2.75) is 77.3 Å². The Balaban J connectivity index is 1.85. The van der Waals surface area contributed by atoms with Crippen LogP contribution in [0.5, 0.6) is 0 Å². The van der Waals surface area contributed by atoms with Gasteiger partial charge in [0.1, 0.15) is 0 Å². The van der Waals surface area contributed by atoms with E-state index in [9.17, 15) is 0 Å². The van der Waals surface area contributed by atoms with Crippen LogP contribution in [0.4, 0.5) is 0 Å². The lowest BCUT2D eigenvalue weighted by Crippen LogP contribution is -2.44. The van der Waals surface area contributed by atoms with E-state index in [4.69, 9.17) is 0 Å². The van der Waals surface area contributed by atoms with Gasteiger partial charge in [0.2, 0.25) is 0 Å². The molecule has 0 aromatic carbocycles. The zero-order chi connectivity index (χ0) is 12.8. The predicted molar refractivity (Wildman–Crippen MR) is 78.9 cm³/mol. The van der Waals surface area contributed by atoms with E-state index in [0.29, 0.717) is 0 Å². The van der Waals surface area contributed by atoms with Crippen LogP contribution in [0.25, 0.3) is 0 Å². The number of nitrogens with zero attached hydrogens (tertiary/aromatic N) is 1. The van der Waals surface area contributed by atoms with E-state index in [1.54, 1.807) is 0 Å². The fourth-order valence-electron chi connectivity index (χ4n) is 4.13. The highest BCUT2D eigenvalue weighted by molar-refractivity contribution is 4.89. The van der Waals surface area contributed by atoms with Gasteiger partial charge in [0.15, 0.2) is 0 Å². The van der Waals surface area contributed by atoms with Crippen molar-refractivity contribution in [3.05, 3.63) is 0 Å². The maximum atomic E-state index is 3.68. The SMILES string of the molecule is CCCC(CN1CCCC1C1CCCC1)NCC. The number of hydrogen-bond acceptors (Lipinski definition) is 2. The maximum Gasteiger partial charge on any atom is 0.0194 e. The second-order valence-corrected chi connectivity index (χ2v) is 6.29. The van der Waals surface area contributed by atoms with Crippen LogP contribution in [0.2, 0.25) is 0 Å². The molecule has 2 unspecified atom stereocenters. The minimum absolute atomic E-state index is 0.724. The molecule has 1 heterocycles. The Morgan fingerprint density at radius 2 is 1.89 bits per heavy atom. The van der Waals surface area contributed by atoms with E-state index in [0.717, 1.165) is 24.5 Å². The Morgan fingerprint density at radius 1 is 1.11 bits per heavy atom. The minimum Gasteiger partial charge on any atom is -0.313 e. The van der Waals surface area contributed by atoms with E-state index in [-0.39, 0.29) is 0 Å². The Labute approximate surface area is 114 Å². The molecular formula is C16H32N2. The summed E-state index contributed by atoms with van der Waals surface area (Å²) in [4.78, 5) is 2.82. The highest BCUT2D eigenvalue weighted by Crippen LogP contribution is 2.35. The van der Waals surface area contributed by atoms with Crippen LogP contribution in [0.1, 0.15) is 65.2 Å². The lowest BCUT2D eigenvalue weighted by molar-refractivity contribution is 0.170. The molecule has 2 fully saturated rings. The molecule has 1 saturated carbocycles. The van der Waals surface area contributed by atoms with E-state index < -0.39 is 0 Å². The molecule has 0 radical (unpaired) electrons. The zero-order valence-corrected chi connectivity index (χ0v) is 12.5. The summed E-state index contributed by atoms with van der Waals surface area (Å²) in [6.45, 7) is 8.31. The molecule has 18 heavy (non-hydrogen) atoms. The molecule has 1 aliphatic carbocycles. The number of rotatable bonds is 7. The van der Waals surface area contributed by atoms with Gasteiger partial charge in [-0.2, -0.15) is 0 Å². The van der Waals surface area contributed by atoms with Crippen LogP contribution < -0.4 is 5.32 Å². The van der Waals surface area contributed by atoms with E-state index in [1.165, 1.54) is 64.5 Å². The van der Waals surface area contributed by atoms with Crippen LogP contribution in [-0.4, -0.2) is 36.6 Å². The molecule has 1 N–H and O–H groups in total. The second kappa shape index (κ2) is 7.49. The van der Waals surface area contributed by atoms with Crippen LogP contribution >= 0.6 is 0 Å². The van der Waals surface area contributed by atoms with Crippen LogP contribution in [0.3, 0.4) is 0 Å². The van der Waals surface area contributed by atoms with Gasteiger partial charge in [0.05, 0.1) is 0 Å². The summed E-state index contributed by atoms with van der Waals surface area (Å²) in [6, 6.07) is 1.65. The first-order chi connectivity index (χ1) is 8.85. The van der Waals surface area contributed by atoms with Crippen molar-refractivity contribution in [3.8, 4) is 0 Å². The average molecular weight is 252 g/mol. The monoisotopic (exact) mass is 252 g/mol. The molecule has 2 rings (SSSR count). The fourth-order valence-corrected chi connectivity index (χ4v) is 4.13. The average Bonchev–Trinajstić information content (AvgIpc) is 2.99. The quantitative estimate of drug-likeness (QED) is 0.747. The van der Waals surface area contributed by atoms with Gasteiger partial charge in [-0.15, -0.1) is 0 Å². The third kappa shape index (κ3) is 3.71. The molecule has 106 valence electrons. The summed E-state index contributed by atoms with van der Waals surface area (Å²) >= 11 is 0. The first-order valence-electron chi connectivity index (χ1n) is 8.32. The molecule has 1 saturated heterocycles. The molecule has 1 aliphatic heterocycles. The largest absolute Gasteiger partial charge is 0.313 e. The summed E-state index contributed by atoms with van der Waals surface area (Å²) in [5.41, 5.74) is 0. The molecule has 2 atom stereocenters. The van der Waals surface area contributed by atoms with Crippen LogP contribution in [0.15, 0.2) is 0 Å². The molecule has 0 spiro atoms. The molecule has 2 heteroatoms. The molecule has 0 amide bonds. The van der Waals surface area contributed by atoms with Gasteiger partial charge in [-0.3, -0.25) is 4.90 Å². The molecule has 0 aromatic rings. The van der Waals surface area contributed by atoms with Crippen molar-refractivity contribution >= 4 is 0 Å². The van der Waals surface area contributed by atoms with Crippen molar-refractivity contribution in [2.75, 3.05) is 19.6 Å². The number of hydrogen-bond donors (Lipinski definition) is 1. The summed E-state index contributed by atoms with van der Waals surface area (Å²) in [5, 5.41) is 3.68. The predicted octanol–water partition coefficient (Wildman–Crippen LogP) is 3.42. The standard InChI is InChI=1S/C16H32N2/c1-3-8-15(17-4-2)13-18-12-7-11-16(18)14-9-5-6-10-14/h14-17H,3-13H2,1-2H3. The number of nitrogens with one attached hydrogen (secondary N) is 1. The summed E-state index contributed by atoms with van der Waals surface area (Å²) < 4.78 is 0. The Hall–Kier alpha value is -0.0800. The second-order valence-electron chi connectivity index (χ2n) is 6.29. The van der Waals surface area contributed by atoms with E-state index >= 15 is 0 Å². The van der Waals surface area contributed by atoms with Crippen molar-refractivity contribution in [1.82, 2.24) is 10.2 Å². The lowest BCUT2D eigenvalue weighted by atomic mass is 9.95. The van der Waals surface area contributed by atoms with Crippen molar-refractivity contribution in [3.63, 3.8) is 0 Å². The van der Waals surface area contributed by atoms with Gasteiger partial charge >= 0.3 is 0 Å². The summed E-state index contributed by atoms with van der Waals surface area (Å²) in [5.74, 6) is 1.02. The van der Waals surface area contributed by atoms with Crippen molar-refractivity contribution in [2.24, 2.45) is 5.92 Å². The Morgan fingerprint density at radius 3 is 2.56 bits per heavy atom. The fraction of sp³-hybridized carbons (Fsp3) is 1.00. The van der Waals surface area contributed by atoms with Gasteiger partial charge in [0.25, 0.3) is 0 Å². The van der Waals surface area contributed by atoms with Gasteiger partial charge < -0.3 is 5.32 Å². The lowest BCUT2D eigenvalue weighted by Gasteiger charge is -2.32. The highest BCUT2D eigenvalue weighted by atomic mass is 15.2. The van der Waals surface area contributed by atoms with Crippen molar-refractivity contribution < 1.29 is 0 Å². The van der Waals surface area contributed by atoms with Gasteiger partial charge in [0, 0.05) is 18.6 Å². The maximum absolute atomic E-state index is 3.68. The van der Waals surface area contributed by atoms with E-state index in [2.05, 4.69) is 24.1 Å². The number of likely N-dealkylation sites (N-methyl/N-ethyl adjacent to an activating group) is 1. The van der Waals surface area contributed by atoms with Crippen LogP contribution in [0, 0.1) is 5.92 Å². The molecular weight excluding hydrogens is 220 g/mol. The summed E-state index contributed by atoms with van der Waals surface area (Å²) in [7, 11) is 0. The molecule has 0 bridgehead atoms. The van der Waals surface area contributed by atoms with E-state index in [1.807, 2.05) is 0 Å². The Kier molecular flexibility index (Phi) is 5.97. The summed E-state index contributed by atoms with van der Waals surface area (Å²) in [6.07, 6.45) is 11.5. The topological polar surface area (TPSA) is 15.3 Å². The minimum atomic E-state index is 0.724. The Bertz CT molecular complexity index is 217. The van der Waals surface area contributed by atoms with Gasteiger partial charge in [-0.1, -0.05) is 33.1 Å². The smallest absolute Gasteiger partial charge is 0.0194 e. The zero-order valence-electron chi connectivity index (χ0n) is 12.5. The molecule has 2 nitrogen and oxygen atoms in total. The third-order valence-electron chi connectivity index (χ3n) is 4.94. The van der Waals surface area contributed by atoms with Gasteiger partial charge in [-0.05, 0) is 51.1 Å². The first kappa shape index (κ1) is 14.3. The third-order valence-corrected chi connectivity index (χ3v) is 4.94. The highest BCUT2D eigenvalue weighted by Gasteiger charge is 2.33.